The minimum atomic E-state index is -0.684. The average molecular weight is 303 g/mol. The van der Waals surface area contributed by atoms with Crippen molar-refractivity contribution < 1.29 is 19.1 Å². The van der Waals surface area contributed by atoms with Gasteiger partial charge in [0.25, 0.3) is 11.8 Å². The fourth-order valence-electron chi connectivity index (χ4n) is 1.68. The van der Waals surface area contributed by atoms with E-state index in [1.807, 2.05) is 0 Å². The molecular formula is C15H17N3O4. The molecule has 2 heterocycles. The largest absolute Gasteiger partial charge is 0.459 e. The van der Waals surface area contributed by atoms with Crippen molar-refractivity contribution >= 4 is 17.9 Å². The lowest BCUT2D eigenvalue weighted by Crippen LogP contribution is -2.37. The lowest BCUT2D eigenvalue weighted by molar-refractivity contribution is -0.118. The number of carbonyl (C=O) groups is 2. The van der Waals surface area contributed by atoms with Gasteiger partial charge >= 0.3 is 0 Å². The quantitative estimate of drug-likeness (QED) is 0.594. The van der Waals surface area contributed by atoms with Crippen LogP contribution in [0.4, 0.5) is 0 Å². The third-order valence-corrected chi connectivity index (χ3v) is 2.72. The second-order valence-electron chi connectivity index (χ2n) is 4.67. The Hall–Kier alpha value is -2.80. The number of carbonyl (C=O) groups excluding carboxylic acids is 2. The summed E-state index contributed by atoms with van der Waals surface area (Å²) < 4.78 is 4.99. The standard InChI is InChI=1S/C15H17N3O4/c1-10(19)9-17-14(20)12(8-11-4-2-6-16-11)18-15(21)13-5-3-7-22-13/h2-8,10,16,19H,9H2,1H3,(H,17,20)(H,18,21)/b12-8-. The van der Waals surface area contributed by atoms with Crippen molar-refractivity contribution in [1.29, 1.82) is 0 Å². The molecule has 0 aromatic carbocycles. The minimum absolute atomic E-state index is 0.0458. The lowest BCUT2D eigenvalue weighted by atomic mass is 10.2. The first-order valence-corrected chi connectivity index (χ1v) is 6.72. The van der Waals surface area contributed by atoms with Gasteiger partial charge < -0.3 is 25.1 Å². The third-order valence-electron chi connectivity index (χ3n) is 2.72. The highest BCUT2D eigenvalue weighted by atomic mass is 16.3. The van der Waals surface area contributed by atoms with E-state index in [1.165, 1.54) is 18.4 Å². The number of aliphatic hydroxyl groups excluding tert-OH is 1. The molecule has 2 amide bonds. The van der Waals surface area contributed by atoms with E-state index < -0.39 is 17.9 Å². The summed E-state index contributed by atoms with van der Waals surface area (Å²) in [6, 6.07) is 6.60. The summed E-state index contributed by atoms with van der Waals surface area (Å²) in [5.74, 6) is -0.939. The molecule has 2 aromatic rings. The maximum Gasteiger partial charge on any atom is 0.291 e. The van der Waals surface area contributed by atoms with Gasteiger partial charge in [0.2, 0.25) is 0 Å². The number of H-pyrrole nitrogens is 1. The van der Waals surface area contributed by atoms with Gasteiger partial charge in [0.1, 0.15) is 5.70 Å². The highest BCUT2D eigenvalue weighted by Gasteiger charge is 2.16. The zero-order valence-corrected chi connectivity index (χ0v) is 12.0. The van der Waals surface area contributed by atoms with Gasteiger partial charge in [-0.1, -0.05) is 0 Å². The van der Waals surface area contributed by atoms with Crippen LogP contribution in [-0.2, 0) is 4.79 Å². The monoisotopic (exact) mass is 303 g/mol. The van der Waals surface area contributed by atoms with Crippen LogP contribution in [0.15, 0.2) is 46.8 Å². The lowest BCUT2D eigenvalue weighted by Gasteiger charge is -2.11. The van der Waals surface area contributed by atoms with Crippen molar-refractivity contribution in [1.82, 2.24) is 15.6 Å². The molecule has 0 bridgehead atoms. The number of aliphatic hydroxyl groups is 1. The molecule has 0 aliphatic heterocycles. The zero-order valence-electron chi connectivity index (χ0n) is 12.0. The first kappa shape index (κ1) is 15.6. The van der Waals surface area contributed by atoms with Crippen molar-refractivity contribution in [2.75, 3.05) is 6.54 Å². The SMILES string of the molecule is CC(O)CNC(=O)/C(=C/c1ccc[nH]1)NC(=O)c1ccco1. The third kappa shape index (κ3) is 4.35. The molecule has 2 rings (SSSR count). The van der Waals surface area contributed by atoms with Gasteiger partial charge in [-0.25, -0.2) is 0 Å². The fourth-order valence-corrected chi connectivity index (χ4v) is 1.68. The fraction of sp³-hybridized carbons (Fsp3) is 0.200. The number of hydrogen-bond donors (Lipinski definition) is 4. The first-order valence-electron chi connectivity index (χ1n) is 6.72. The highest BCUT2D eigenvalue weighted by Crippen LogP contribution is 2.06. The smallest absolute Gasteiger partial charge is 0.291 e. The van der Waals surface area contributed by atoms with Crippen molar-refractivity contribution in [2.45, 2.75) is 13.0 Å². The van der Waals surface area contributed by atoms with E-state index in [2.05, 4.69) is 15.6 Å². The zero-order chi connectivity index (χ0) is 15.9. The molecule has 0 radical (unpaired) electrons. The molecule has 2 aromatic heterocycles. The van der Waals surface area contributed by atoms with E-state index in [0.29, 0.717) is 5.69 Å². The van der Waals surface area contributed by atoms with Crippen LogP contribution < -0.4 is 10.6 Å². The molecule has 7 heteroatoms. The molecule has 0 aliphatic carbocycles. The predicted molar refractivity (Wildman–Crippen MR) is 79.6 cm³/mol. The molecule has 0 saturated carbocycles. The van der Waals surface area contributed by atoms with Gasteiger partial charge in [-0.15, -0.1) is 0 Å². The number of aromatic nitrogens is 1. The molecule has 7 nitrogen and oxygen atoms in total. The van der Waals surface area contributed by atoms with Crippen LogP contribution >= 0.6 is 0 Å². The Bertz CT molecular complexity index is 642. The highest BCUT2D eigenvalue weighted by molar-refractivity contribution is 6.04. The molecule has 1 atom stereocenters. The summed E-state index contributed by atoms with van der Waals surface area (Å²) >= 11 is 0. The number of furan rings is 1. The molecule has 1 unspecified atom stereocenters. The van der Waals surface area contributed by atoms with E-state index in [-0.39, 0.29) is 18.0 Å². The molecule has 4 N–H and O–H groups in total. The molecule has 116 valence electrons. The number of aromatic amines is 1. The predicted octanol–water partition coefficient (Wildman–Crippen LogP) is 0.876. The van der Waals surface area contributed by atoms with Crippen LogP contribution in [0, 0.1) is 0 Å². The second-order valence-corrected chi connectivity index (χ2v) is 4.67. The maximum atomic E-state index is 12.1. The molecule has 0 fully saturated rings. The van der Waals surface area contributed by atoms with Crippen LogP contribution in [0.5, 0.6) is 0 Å². The van der Waals surface area contributed by atoms with Crippen molar-refractivity contribution in [2.24, 2.45) is 0 Å². The maximum absolute atomic E-state index is 12.1. The van der Waals surface area contributed by atoms with Crippen molar-refractivity contribution in [3.05, 3.63) is 53.9 Å². The van der Waals surface area contributed by atoms with Gasteiger partial charge in [-0.3, -0.25) is 9.59 Å². The Kier molecular flexibility index (Phi) is 5.16. The Morgan fingerprint density at radius 1 is 1.41 bits per heavy atom. The Morgan fingerprint density at radius 3 is 2.82 bits per heavy atom. The van der Waals surface area contributed by atoms with Crippen LogP contribution in [0.3, 0.4) is 0 Å². The van der Waals surface area contributed by atoms with Crippen molar-refractivity contribution in [3.63, 3.8) is 0 Å². The van der Waals surface area contributed by atoms with E-state index in [1.54, 1.807) is 31.3 Å². The summed E-state index contributed by atoms with van der Waals surface area (Å²) in [4.78, 5) is 27.0. The van der Waals surface area contributed by atoms with E-state index >= 15 is 0 Å². The number of nitrogens with one attached hydrogen (secondary N) is 3. The Labute approximate surface area is 127 Å². The van der Waals surface area contributed by atoms with Gasteiger partial charge in [-0.2, -0.15) is 0 Å². The average Bonchev–Trinajstić information content (AvgIpc) is 3.16. The summed E-state index contributed by atoms with van der Waals surface area (Å²) in [7, 11) is 0. The summed E-state index contributed by atoms with van der Waals surface area (Å²) in [6.07, 6.45) is 3.89. The van der Waals surface area contributed by atoms with Gasteiger partial charge in [0, 0.05) is 18.4 Å². The Balaban J connectivity index is 2.14. The first-order chi connectivity index (χ1) is 10.6. The molecular weight excluding hydrogens is 286 g/mol. The number of hydrogen-bond acceptors (Lipinski definition) is 4. The van der Waals surface area contributed by atoms with Gasteiger partial charge in [0.15, 0.2) is 5.76 Å². The minimum Gasteiger partial charge on any atom is -0.459 e. The van der Waals surface area contributed by atoms with Crippen LogP contribution in [-0.4, -0.2) is 34.6 Å². The van der Waals surface area contributed by atoms with Gasteiger partial charge in [0.05, 0.1) is 12.4 Å². The van der Waals surface area contributed by atoms with E-state index in [0.717, 1.165) is 0 Å². The molecule has 22 heavy (non-hydrogen) atoms. The number of rotatable bonds is 6. The van der Waals surface area contributed by atoms with Crippen LogP contribution in [0.1, 0.15) is 23.2 Å². The molecule has 0 aliphatic rings. The molecule has 0 spiro atoms. The van der Waals surface area contributed by atoms with Crippen LogP contribution in [0.2, 0.25) is 0 Å². The Morgan fingerprint density at radius 2 is 2.23 bits per heavy atom. The topological polar surface area (TPSA) is 107 Å². The summed E-state index contributed by atoms with van der Waals surface area (Å²) in [5.41, 5.74) is 0.700. The van der Waals surface area contributed by atoms with Crippen molar-refractivity contribution in [3.8, 4) is 0 Å². The van der Waals surface area contributed by atoms with E-state index in [9.17, 15) is 14.7 Å². The number of amides is 2. The van der Waals surface area contributed by atoms with Gasteiger partial charge in [-0.05, 0) is 37.3 Å². The van der Waals surface area contributed by atoms with Crippen LogP contribution in [0.25, 0.3) is 6.08 Å². The normalized spacial score (nSPS) is 12.7. The second kappa shape index (κ2) is 7.28. The summed E-state index contributed by atoms with van der Waals surface area (Å²) in [5, 5.41) is 14.3. The molecule has 0 saturated heterocycles. The summed E-state index contributed by atoms with van der Waals surface area (Å²) in [6.45, 7) is 1.63. The van der Waals surface area contributed by atoms with E-state index in [4.69, 9.17) is 4.42 Å².